The summed E-state index contributed by atoms with van der Waals surface area (Å²) >= 11 is 0. The molecule has 162 valence electrons. The zero-order chi connectivity index (χ0) is 22.8. The Morgan fingerprint density at radius 2 is 1.78 bits per heavy atom. The van der Waals surface area contributed by atoms with E-state index in [-0.39, 0.29) is 23.7 Å². The number of hydrogen-bond donors (Lipinski definition) is 1. The molecule has 0 fully saturated rings. The molecule has 1 N–H and O–H groups in total. The first-order chi connectivity index (χ1) is 15.4. The maximum Gasteiger partial charge on any atom is 0.309 e. The van der Waals surface area contributed by atoms with E-state index in [1.165, 1.54) is 24.3 Å². The van der Waals surface area contributed by atoms with Crippen molar-refractivity contribution >= 4 is 23.3 Å². The van der Waals surface area contributed by atoms with Crippen LogP contribution in [0, 0.1) is 6.92 Å². The molecule has 1 aliphatic heterocycles. The van der Waals surface area contributed by atoms with E-state index in [0.717, 1.165) is 5.56 Å². The summed E-state index contributed by atoms with van der Waals surface area (Å²) in [6.07, 6.45) is 1.46. The first-order valence-electron chi connectivity index (χ1n) is 9.98. The summed E-state index contributed by atoms with van der Waals surface area (Å²) in [7, 11) is 1.32. The Hall–Kier alpha value is -4.13. The Morgan fingerprint density at radius 1 is 1.06 bits per heavy atom. The van der Waals surface area contributed by atoms with Crippen LogP contribution < -0.4 is 4.90 Å². The van der Waals surface area contributed by atoms with E-state index in [4.69, 9.17) is 4.42 Å². The van der Waals surface area contributed by atoms with Crippen LogP contribution in [0.5, 0.6) is 0 Å². The van der Waals surface area contributed by atoms with E-state index in [2.05, 4.69) is 4.74 Å². The summed E-state index contributed by atoms with van der Waals surface area (Å²) in [4.78, 5) is 39.3. The van der Waals surface area contributed by atoms with Crippen LogP contribution in [0.25, 0.3) is 0 Å². The number of aryl methyl sites for hydroxylation is 1. The maximum atomic E-state index is 13.2. The van der Waals surface area contributed by atoms with Crippen LogP contribution >= 0.6 is 0 Å². The number of benzene rings is 2. The molecule has 1 aliphatic rings. The molecule has 0 radical (unpaired) electrons. The molecular weight excluding hydrogens is 410 g/mol. The van der Waals surface area contributed by atoms with Gasteiger partial charge in [0.15, 0.2) is 11.5 Å². The van der Waals surface area contributed by atoms with Gasteiger partial charge in [0.1, 0.15) is 0 Å². The molecule has 0 bridgehead atoms. The third-order valence-electron chi connectivity index (χ3n) is 5.47. The van der Waals surface area contributed by atoms with Gasteiger partial charge in [-0.1, -0.05) is 36.4 Å². The van der Waals surface area contributed by atoms with Gasteiger partial charge < -0.3 is 14.3 Å². The largest absolute Gasteiger partial charge is 0.503 e. The van der Waals surface area contributed by atoms with Crippen molar-refractivity contribution in [3.8, 4) is 0 Å². The number of furan rings is 1. The second-order valence-corrected chi connectivity index (χ2v) is 7.42. The molecule has 7 heteroatoms. The lowest BCUT2D eigenvalue weighted by Gasteiger charge is -2.28. The lowest BCUT2D eigenvalue weighted by atomic mass is 9.92. The highest BCUT2D eigenvalue weighted by atomic mass is 16.5. The van der Waals surface area contributed by atoms with Gasteiger partial charge in [-0.05, 0) is 47.9 Å². The fourth-order valence-corrected chi connectivity index (χ4v) is 3.85. The van der Waals surface area contributed by atoms with Gasteiger partial charge in [0.05, 0.1) is 31.4 Å². The SMILES string of the molecule is COC(=O)Cc1ccc(N2C(=O)C(O)=C(C(=O)c3ccco3)C2c2ccccc2C)cc1. The van der Waals surface area contributed by atoms with Crippen LogP contribution in [0.15, 0.2) is 82.7 Å². The molecule has 0 spiro atoms. The minimum atomic E-state index is -0.840. The van der Waals surface area contributed by atoms with Gasteiger partial charge in [-0.15, -0.1) is 0 Å². The lowest BCUT2D eigenvalue weighted by Crippen LogP contribution is -2.31. The van der Waals surface area contributed by atoms with Gasteiger partial charge in [-0.2, -0.15) is 0 Å². The third kappa shape index (κ3) is 3.69. The molecule has 32 heavy (non-hydrogen) atoms. The van der Waals surface area contributed by atoms with Gasteiger partial charge in [0.25, 0.3) is 5.91 Å². The molecule has 1 unspecified atom stereocenters. The van der Waals surface area contributed by atoms with Crippen molar-refractivity contribution in [2.75, 3.05) is 12.0 Å². The number of aliphatic hydroxyl groups is 1. The van der Waals surface area contributed by atoms with Crippen LogP contribution in [-0.4, -0.2) is 29.9 Å². The molecule has 4 rings (SSSR count). The smallest absolute Gasteiger partial charge is 0.309 e. The Labute approximate surface area is 184 Å². The molecular formula is C25H21NO6. The van der Waals surface area contributed by atoms with E-state index >= 15 is 0 Å². The highest BCUT2D eigenvalue weighted by Gasteiger charge is 2.45. The number of rotatable bonds is 6. The highest BCUT2D eigenvalue weighted by molar-refractivity contribution is 6.20. The first kappa shape index (κ1) is 21.1. The fourth-order valence-electron chi connectivity index (χ4n) is 3.85. The number of amides is 1. The Kier molecular flexibility index (Phi) is 5.64. The third-order valence-corrected chi connectivity index (χ3v) is 5.47. The van der Waals surface area contributed by atoms with E-state index in [1.807, 2.05) is 31.2 Å². The fraction of sp³-hybridized carbons (Fsp3) is 0.160. The number of hydrogen-bond acceptors (Lipinski definition) is 6. The van der Waals surface area contributed by atoms with Crippen molar-refractivity contribution < 1.29 is 28.6 Å². The van der Waals surface area contributed by atoms with Crippen LogP contribution in [-0.2, 0) is 20.7 Å². The highest BCUT2D eigenvalue weighted by Crippen LogP contribution is 2.42. The topological polar surface area (TPSA) is 97.0 Å². The van der Waals surface area contributed by atoms with Crippen molar-refractivity contribution in [3.05, 3.63) is 101 Å². The lowest BCUT2D eigenvalue weighted by molar-refractivity contribution is -0.139. The number of carbonyl (C=O) groups is 3. The van der Waals surface area contributed by atoms with Gasteiger partial charge in [0.2, 0.25) is 5.78 Å². The summed E-state index contributed by atoms with van der Waals surface area (Å²) in [6, 6.07) is 16.4. The van der Waals surface area contributed by atoms with Gasteiger partial charge >= 0.3 is 5.97 Å². The number of nitrogens with zero attached hydrogens (tertiary/aromatic N) is 1. The molecule has 7 nitrogen and oxygen atoms in total. The number of Topliss-reactive ketones (excluding diaryl/α,β-unsaturated/α-hetero) is 1. The van der Waals surface area contributed by atoms with E-state index in [0.29, 0.717) is 16.8 Å². The van der Waals surface area contributed by atoms with E-state index in [9.17, 15) is 19.5 Å². The zero-order valence-corrected chi connectivity index (χ0v) is 17.6. The first-order valence-corrected chi connectivity index (χ1v) is 9.98. The number of ketones is 1. The Balaban J connectivity index is 1.80. The predicted molar refractivity (Wildman–Crippen MR) is 116 cm³/mol. The second-order valence-electron chi connectivity index (χ2n) is 7.42. The minimum absolute atomic E-state index is 0.0354. The van der Waals surface area contributed by atoms with Crippen molar-refractivity contribution in [3.63, 3.8) is 0 Å². The van der Waals surface area contributed by atoms with Crippen LogP contribution in [0.4, 0.5) is 5.69 Å². The number of esters is 1. The quantitative estimate of drug-likeness (QED) is 0.467. The average molecular weight is 431 g/mol. The molecule has 2 heterocycles. The van der Waals surface area contributed by atoms with Gasteiger partial charge in [-0.25, -0.2) is 0 Å². The summed E-state index contributed by atoms with van der Waals surface area (Å²) in [6.45, 7) is 1.88. The Bertz CT molecular complexity index is 1210. The molecule has 3 aromatic rings. The van der Waals surface area contributed by atoms with Crippen molar-refractivity contribution in [1.82, 2.24) is 0 Å². The van der Waals surface area contributed by atoms with Crippen molar-refractivity contribution in [2.24, 2.45) is 0 Å². The van der Waals surface area contributed by atoms with Crippen LogP contribution in [0.1, 0.15) is 33.3 Å². The minimum Gasteiger partial charge on any atom is -0.503 e. The maximum absolute atomic E-state index is 13.2. The van der Waals surface area contributed by atoms with E-state index in [1.54, 1.807) is 30.3 Å². The molecule has 0 aliphatic carbocycles. The van der Waals surface area contributed by atoms with Crippen molar-refractivity contribution in [2.45, 2.75) is 19.4 Å². The molecule has 1 atom stereocenters. The summed E-state index contributed by atoms with van der Waals surface area (Å²) < 4.78 is 9.93. The summed E-state index contributed by atoms with van der Waals surface area (Å²) in [5.41, 5.74) is 2.71. The van der Waals surface area contributed by atoms with Crippen LogP contribution in [0.2, 0.25) is 0 Å². The van der Waals surface area contributed by atoms with Gasteiger partial charge in [-0.3, -0.25) is 19.3 Å². The van der Waals surface area contributed by atoms with Crippen molar-refractivity contribution in [1.29, 1.82) is 0 Å². The monoisotopic (exact) mass is 431 g/mol. The molecule has 0 saturated heterocycles. The second kappa shape index (κ2) is 8.55. The average Bonchev–Trinajstić information content (AvgIpc) is 3.42. The normalized spacial score (nSPS) is 15.9. The Morgan fingerprint density at radius 3 is 2.41 bits per heavy atom. The summed E-state index contributed by atoms with van der Waals surface area (Å²) in [5.74, 6) is -2.20. The standard InChI is InChI=1S/C25H21NO6/c1-15-6-3-4-7-18(15)22-21(23(28)19-8-5-13-32-19)24(29)25(30)26(22)17-11-9-16(10-12-17)14-20(27)31-2/h3-13,22,29H,14H2,1-2H3. The molecule has 1 aromatic heterocycles. The number of methoxy groups -OCH3 is 1. The number of anilines is 1. The van der Waals surface area contributed by atoms with Gasteiger partial charge in [0, 0.05) is 5.69 Å². The van der Waals surface area contributed by atoms with Crippen LogP contribution in [0.3, 0.4) is 0 Å². The number of aliphatic hydroxyl groups excluding tert-OH is 1. The number of carbonyl (C=O) groups excluding carboxylic acids is 3. The number of ether oxygens (including phenoxy) is 1. The van der Waals surface area contributed by atoms with E-state index < -0.39 is 23.5 Å². The predicted octanol–water partition coefficient (Wildman–Crippen LogP) is 4.09. The molecule has 2 aromatic carbocycles. The molecule has 0 saturated carbocycles. The zero-order valence-electron chi connectivity index (χ0n) is 17.6. The summed E-state index contributed by atoms with van der Waals surface area (Å²) in [5, 5.41) is 10.8. The molecule has 1 amide bonds.